The standard InChI is InChI=1S/C10H20O2/c1-3-8-12-10-7-5-6-9(10)11-4-2/h9-10H,3-8H2,1-2H3. The average Bonchev–Trinajstić information content (AvgIpc) is 2.50. The number of ether oxygens (including phenoxy) is 2. The van der Waals surface area contributed by atoms with Gasteiger partial charge in [-0.25, -0.2) is 0 Å². The highest BCUT2D eigenvalue weighted by atomic mass is 16.5. The van der Waals surface area contributed by atoms with Crippen molar-refractivity contribution in [1.82, 2.24) is 0 Å². The fourth-order valence-electron chi connectivity index (χ4n) is 1.76. The second-order valence-electron chi connectivity index (χ2n) is 3.33. The molecule has 2 unspecified atom stereocenters. The van der Waals surface area contributed by atoms with E-state index >= 15 is 0 Å². The third-order valence-electron chi connectivity index (χ3n) is 2.31. The Morgan fingerprint density at radius 3 is 2.33 bits per heavy atom. The van der Waals surface area contributed by atoms with E-state index < -0.39 is 0 Å². The lowest BCUT2D eigenvalue weighted by Crippen LogP contribution is -2.26. The van der Waals surface area contributed by atoms with E-state index in [1.165, 1.54) is 19.3 Å². The summed E-state index contributed by atoms with van der Waals surface area (Å²) in [5.41, 5.74) is 0. The zero-order valence-electron chi connectivity index (χ0n) is 8.21. The summed E-state index contributed by atoms with van der Waals surface area (Å²) in [4.78, 5) is 0. The molecule has 2 atom stereocenters. The molecular formula is C10H20O2. The third kappa shape index (κ3) is 2.76. The molecule has 0 bridgehead atoms. The van der Waals surface area contributed by atoms with E-state index in [4.69, 9.17) is 9.47 Å². The molecular weight excluding hydrogens is 152 g/mol. The van der Waals surface area contributed by atoms with Gasteiger partial charge in [0, 0.05) is 13.2 Å². The molecule has 1 aliphatic carbocycles. The summed E-state index contributed by atoms with van der Waals surface area (Å²) in [5, 5.41) is 0. The van der Waals surface area contributed by atoms with Crippen LogP contribution >= 0.6 is 0 Å². The van der Waals surface area contributed by atoms with Gasteiger partial charge in [-0.1, -0.05) is 6.92 Å². The van der Waals surface area contributed by atoms with E-state index in [2.05, 4.69) is 13.8 Å². The zero-order valence-corrected chi connectivity index (χ0v) is 8.21. The van der Waals surface area contributed by atoms with Crippen LogP contribution in [-0.4, -0.2) is 25.4 Å². The smallest absolute Gasteiger partial charge is 0.0836 e. The molecule has 0 aromatic heterocycles. The van der Waals surface area contributed by atoms with E-state index in [1.807, 2.05) is 0 Å². The lowest BCUT2D eigenvalue weighted by atomic mass is 10.2. The van der Waals surface area contributed by atoms with E-state index in [0.29, 0.717) is 12.2 Å². The molecule has 0 aliphatic heterocycles. The molecule has 0 heterocycles. The van der Waals surface area contributed by atoms with E-state index in [1.54, 1.807) is 0 Å². The van der Waals surface area contributed by atoms with Crippen molar-refractivity contribution in [2.75, 3.05) is 13.2 Å². The van der Waals surface area contributed by atoms with Gasteiger partial charge >= 0.3 is 0 Å². The predicted octanol–water partition coefficient (Wildman–Crippen LogP) is 2.37. The van der Waals surface area contributed by atoms with E-state index in [9.17, 15) is 0 Å². The van der Waals surface area contributed by atoms with Crippen LogP contribution in [0.25, 0.3) is 0 Å². The first-order chi connectivity index (χ1) is 5.88. The van der Waals surface area contributed by atoms with Gasteiger partial charge in [-0.05, 0) is 32.6 Å². The molecule has 2 nitrogen and oxygen atoms in total. The molecule has 0 spiro atoms. The molecule has 0 aromatic carbocycles. The molecule has 0 saturated heterocycles. The summed E-state index contributed by atoms with van der Waals surface area (Å²) < 4.78 is 11.3. The molecule has 12 heavy (non-hydrogen) atoms. The Bertz CT molecular complexity index is 114. The quantitative estimate of drug-likeness (QED) is 0.634. The van der Waals surface area contributed by atoms with Crippen LogP contribution in [0.2, 0.25) is 0 Å². The van der Waals surface area contributed by atoms with Gasteiger partial charge in [0.25, 0.3) is 0 Å². The van der Waals surface area contributed by atoms with E-state index in [0.717, 1.165) is 19.6 Å². The SMILES string of the molecule is CCCOC1CCCC1OCC. The summed E-state index contributed by atoms with van der Waals surface area (Å²) >= 11 is 0. The van der Waals surface area contributed by atoms with Crippen molar-refractivity contribution < 1.29 is 9.47 Å². The molecule has 1 fully saturated rings. The molecule has 2 heteroatoms. The van der Waals surface area contributed by atoms with Crippen molar-refractivity contribution in [2.45, 2.75) is 51.7 Å². The molecule has 1 aliphatic rings. The van der Waals surface area contributed by atoms with Gasteiger partial charge in [-0.2, -0.15) is 0 Å². The van der Waals surface area contributed by atoms with Crippen molar-refractivity contribution >= 4 is 0 Å². The molecule has 1 rings (SSSR count). The maximum Gasteiger partial charge on any atom is 0.0836 e. The molecule has 0 radical (unpaired) electrons. The Hall–Kier alpha value is -0.0800. The monoisotopic (exact) mass is 172 g/mol. The van der Waals surface area contributed by atoms with Crippen LogP contribution in [0.15, 0.2) is 0 Å². The van der Waals surface area contributed by atoms with Crippen LogP contribution in [0, 0.1) is 0 Å². The average molecular weight is 172 g/mol. The normalized spacial score (nSPS) is 29.5. The summed E-state index contributed by atoms with van der Waals surface area (Å²) in [6.45, 7) is 5.89. The first kappa shape index (κ1) is 10.0. The number of hydrogen-bond donors (Lipinski definition) is 0. The first-order valence-electron chi connectivity index (χ1n) is 5.11. The Morgan fingerprint density at radius 2 is 1.75 bits per heavy atom. The highest BCUT2D eigenvalue weighted by molar-refractivity contribution is 4.78. The molecule has 72 valence electrons. The Labute approximate surface area is 75.2 Å². The largest absolute Gasteiger partial charge is 0.376 e. The topological polar surface area (TPSA) is 18.5 Å². The number of rotatable bonds is 5. The minimum Gasteiger partial charge on any atom is -0.376 e. The predicted molar refractivity (Wildman–Crippen MR) is 49.3 cm³/mol. The van der Waals surface area contributed by atoms with Crippen LogP contribution in [0.1, 0.15) is 39.5 Å². The van der Waals surface area contributed by atoms with Gasteiger partial charge in [0.15, 0.2) is 0 Å². The second kappa shape index (κ2) is 5.55. The van der Waals surface area contributed by atoms with Gasteiger partial charge in [0.2, 0.25) is 0 Å². The van der Waals surface area contributed by atoms with Crippen LogP contribution in [0.3, 0.4) is 0 Å². The minimum atomic E-state index is 0.376. The Kier molecular flexibility index (Phi) is 4.62. The maximum atomic E-state index is 5.69. The Balaban J connectivity index is 2.20. The van der Waals surface area contributed by atoms with Gasteiger partial charge < -0.3 is 9.47 Å². The summed E-state index contributed by atoms with van der Waals surface area (Å²) in [6.07, 6.45) is 5.49. The summed E-state index contributed by atoms with van der Waals surface area (Å²) in [5.74, 6) is 0. The highest BCUT2D eigenvalue weighted by Crippen LogP contribution is 2.24. The molecule has 1 saturated carbocycles. The summed E-state index contributed by atoms with van der Waals surface area (Å²) in [7, 11) is 0. The lowest BCUT2D eigenvalue weighted by Gasteiger charge is -2.19. The van der Waals surface area contributed by atoms with Crippen molar-refractivity contribution in [3.63, 3.8) is 0 Å². The van der Waals surface area contributed by atoms with Gasteiger partial charge in [0.1, 0.15) is 0 Å². The summed E-state index contributed by atoms with van der Waals surface area (Å²) in [6, 6.07) is 0. The fraction of sp³-hybridized carbons (Fsp3) is 1.00. The van der Waals surface area contributed by atoms with E-state index in [-0.39, 0.29) is 0 Å². The van der Waals surface area contributed by atoms with Crippen molar-refractivity contribution in [1.29, 1.82) is 0 Å². The minimum absolute atomic E-state index is 0.376. The zero-order chi connectivity index (χ0) is 8.81. The fourth-order valence-corrected chi connectivity index (χ4v) is 1.76. The third-order valence-corrected chi connectivity index (χ3v) is 2.31. The van der Waals surface area contributed by atoms with Crippen molar-refractivity contribution in [3.8, 4) is 0 Å². The van der Waals surface area contributed by atoms with Crippen LogP contribution in [-0.2, 0) is 9.47 Å². The lowest BCUT2D eigenvalue weighted by molar-refractivity contribution is -0.0524. The van der Waals surface area contributed by atoms with Gasteiger partial charge in [-0.15, -0.1) is 0 Å². The van der Waals surface area contributed by atoms with Crippen molar-refractivity contribution in [2.24, 2.45) is 0 Å². The van der Waals surface area contributed by atoms with Crippen LogP contribution in [0.5, 0.6) is 0 Å². The maximum absolute atomic E-state index is 5.69. The highest BCUT2D eigenvalue weighted by Gasteiger charge is 2.27. The van der Waals surface area contributed by atoms with Crippen LogP contribution < -0.4 is 0 Å². The number of hydrogen-bond acceptors (Lipinski definition) is 2. The molecule has 0 amide bonds. The second-order valence-corrected chi connectivity index (χ2v) is 3.33. The molecule has 0 N–H and O–H groups in total. The van der Waals surface area contributed by atoms with Gasteiger partial charge in [-0.3, -0.25) is 0 Å². The molecule has 0 aromatic rings. The van der Waals surface area contributed by atoms with Crippen LogP contribution in [0.4, 0.5) is 0 Å². The Morgan fingerprint density at radius 1 is 1.08 bits per heavy atom. The van der Waals surface area contributed by atoms with Crippen molar-refractivity contribution in [3.05, 3.63) is 0 Å². The van der Waals surface area contributed by atoms with Gasteiger partial charge in [0.05, 0.1) is 12.2 Å². The first-order valence-corrected chi connectivity index (χ1v) is 5.11.